The van der Waals surface area contributed by atoms with Gasteiger partial charge in [-0.15, -0.1) is 11.3 Å². The predicted molar refractivity (Wildman–Crippen MR) is 139 cm³/mol. The fraction of sp³-hybridized carbons (Fsp3) is 0.464. The van der Waals surface area contributed by atoms with Gasteiger partial charge in [-0.05, 0) is 49.3 Å². The molecule has 7 heteroatoms. The molecule has 5 rings (SSSR count). The van der Waals surface area contributed by atoms with Gasteiger partial charge >= 0.3 is 0 Å². The number of hydrogen-bond acceptors (Lipinski definition) is 4. The van der Waals surface area contributed by atoms with Gasteiger partial charge in [0.05, 0.1) is 18.8 Å². The van der Waals surface area contributed by atoms with Gasteiger partial charge in [0.25, 0.3) is 5.91 Å². The minimum Gasteiger partial charge on any atom is -0.351 e. The van der Waals surface area contributed by atoms with Crippen LogP contribution in [-0.4, -0.2) is 38.1 Å². The summed E-state index contributed by atoms with van der Waals surface area (Å²) in [5.74, 6) is -0.226. The van der Waals surface area contributed by atoms with Crippen LogP contribution in [0.15, 0.2) is 47.8 Å². The Kier molecular flexibility index (Phi) is 6.78. The zero-order chi connectivity index (χ0) is 24.4. The monoisotopic (exact) mass is 490 g/mol. The number of aryl methyl sites for hydroxylation is 1. The third kappa shape index (κ3) is 4.79. The van der Waals surface area contributed by atoms with E-state index in [1.165, 1.54) is 18.4 Å². The summed E-state index contributed by atoms with van der Waals surface area (Å²) < 4.78 is 1.74. The summed E-state index contributed by atoms with van der Waals surface area (Å²) in [5, 5.41) is 10.1. The molecule has 1 N–H and O–H groups in total. The van der Waals surface area contributed by atoms with Crippen molar-refractivity contribution in [2.24, 2.45) is 0 Å². The van der Waals surface area contributed by atoms with E-state index in [0.717, 1.165) is 48.2 Å². The van der Waals surface area contributed by atoms with Crippen molar-refractivity contribution in [3.05, 3.63) is 64.0 Å². The minimum atomic E-state index is -1.02. The van der Waals surface area contributed by atoms with Crippen LogP contribution in [0, 0.1) is 0 Å². The fourth-order valence-electron chi connectivity index (χ4n) is 5.26. The molecule has 3 heterocycles. The van der Waals surface area contributed by atoms with E-state index in [4.69, 9.17) is 5.10 Å². The fourth-order valence-corrected chi connectivity index (χ4v) is 5.96. The molecule has 2 aliphatic rings. The number of nitrogens with zero attached hydrogens (tertiary/aromatic N) is 3. The van der Waals surface area contributed by atoms with Crippen LogP contribution in [0.25, 0.3) is 11.3 Å². The Bertz CT molecular complexity index is 1180. The highest BCUT2D eigenvalue weighted by molar-refractivity contribution is 7.09. The molecule has 1 atom stereocenters. The van der Waals surface area contributed by atoms with E-state index in [0.29, 0.717) is 18.8 Å². The van der Waals surface area contributed by atoms with Crippen LogP contribution in [0.1, 0.15) is 73.3 Å². The molecule has 0 saturated heterocycles. The molecule has 1 aliphatic heterocycles. The Morgan fingerprint density at radius 1 is 1.14 bits per heavy atom. The average Bonchev–Trinajstić information content (AvgIpc) is 3.46. The van der Waals surface area contributed by atoms with Gasteiger partial charge in [0.15, 0.2) is 0 Å². The molecular formula is C28H34N4O2S. The molecule has 35 heavy (non-hydrogen) atoms. The average molecular weight is 491 g/mol. The first-order valence-corrected chi connectivity index (χ1v) is 13.7. The normalized spacial score (nSPS) is 21.0. The molecular weight excluding hydrogens is 456 g/mol. The first-order chi connectivity index (χ1) is 17.0. The van der Waals surface area contributed by atoms with Crippen molar-refractivity contribution in [2.45, 2.75) is 83.5 Å². The first-order valence-electron chi connectivity index (χ1n) is 12.8. The quantitative estimate of drug-likeness (QED) is 0.469. The predicted octanol–water partition coefficient (Wildman–Crippen LogP) is 5.43. The third-order valence-electron chi connectivity index (χ3n) is 7.53. The molecule has 3 aromatic rings. The van der Waals surface area contributed by atoms with Gasteiger partial charge in [0.1, 0.15) is 11.2 Å². The van der Waals surface area contributed by atoms with E-state index >= 15 is 0 Å². The summed E-state index contributed by atoms with van der Waals surface area (Å²) in [7, 11) is 0. The smallest absolute Gasteiger partial charge is 0.273 e. The van der Waals surface area contributed by atoms with E-state index in [9.17, 15) is 9.59 Å². The lowest BCUT2D eigenvalue weighted by molar-refractivity contribution is -0.134. The van der Waals surface area contributed by atoms with Crippen molar-refractivity contribution in [3.8, 4) is 11.3 Å². The van der Waals surface area contributed by atoms with E-state index < -0.39 is 5.54 Å². The molecule has 184 valence electrons. The Labute approximate surface area is 211 Å². The number of benzene rings is 1. The molecule has 2 aromatic heterocycles. The van der Waals surface area contributed by atoms with Crippen LogP contribution in [0.5, 0.6) is 0 Å². The lowest BCUT2D eigenvalue weighted by Crippen LogP contribution is -2.64. The highest BCUT2D eigenvalue weighted by atomic mass is 32.1. The molecule has 0 bridgehead atoms. The van der Waals surface area contributed by atoms with Crippen molar-refractivity contribution in [1.29, 1.82) is 0 Å². The molecule has 1 fully saturated rings. The Morgan fingerprint density at radius 3 is 2.54 bits per heavy atom. The van der Waals surface area contributed by atoms with Crippen molar-refractivity contribution in [3.63, 3.8) is 0 Å². The van der Waals surface area contributed by atoms with Crippen LogP contribution in [0.2, 0.25) is 0 Å². The van der Waals surface area contributed by atoms with Crippen LogP contribution in [-0.2, 0) is 24.3 Å². The van der Waals surface area contributed by atoms with E-state index in [1.807, 2.05) is 30.5 Å². The second kappa shape index (κ2) is 9.97. The van der Waals surface area contributed by atoms with Crippen LogP contribution in [0.3, 0.4) is 0 Å². The SMILES string of the molecule is CCc1ccc(-c2cc3n(n2)C[C@@](C)(C(=O)NC2CCCCCC2)N(Cc2cccs2)C3=O)cc1. The summed E-state index contributed by atoms with van der Waals surface area (Å²) in [6.45, 7) is 4.78. The summed E-state index contributed by atoms with van der Waals surface area (Å²) in [4.78, 5) is 30.5. The number of hydrogen-bond donors (Lipinski definition) is 1. The molecule has 6 nitrogen and oxygen atoms in total. The lowest BCUT2D eigenvalue weighted by atomic mass is 9.93. The van der Waals surface area contributed by atoms with Crippen molar-refractivity contribution in [1.82, 2.24) is 20.0 Å². The summed E-state index contributed by atoms with van der Waals surface area (Å²) in [5.41, 5.74) is 2.52. The van der Waals surface area contributed by atoms with E-state index in [-0.39, 0.29) is 17.9 Å². The number of carbonyl (C=O) groups excluding carboxylic acids is 2. The first kappa shape index (κ1) is 23.8. The van der Waals surface area contributed by atoms with E-state index in [2.05, 4.69) is 36.5 Å². The molecule has 0 spiro atoms. The summed E-state index contributed by atoms with van der Waals surface area (Å²) in [6, 6.07) is 14.4. The summed E-state index contributed by atoms with van der Waals surface area (Å²) in [6.07, 6.45) is 7.73. The zero-order valence-corrected chi connectivity index (χ0v) is 21.4. The lowest BCUT2D eigenvalue weighted by Gasteiger charge is -2.43. The minimum absolute atomic E-state index is 0.0793. The topological polar surface area (TPSA) is 67.2 Å². The van der Waals surface area contributed by atoms with Gasteiger partial charge in [-0.1, -0.05) is 62.9 Å². The van der Waals surface area contributed by atoms with Gasteiger partial charge < -0.3 is 10.2 Å². The molecule has 0 unspecified atom stereocenters. The maximum atomic E-state index is 13.8. The number of fused-ring (bicyclic) bond motifs is 1. The molecule has 1 saturated carbocycles. The Hall–Kier alpha value is -2.93. The van der Waals surface area contributed by atoms with Crippen LogP contribution >= 0.6 is 11.3 Å². The standard InChI is InChI=1S/C28H34N4O2S/c1-3-20-12-14-21(15-13-20)24-17-25-26(33)31(18-23-11-8-16-35-23)28(2,19-32(25)30-24)27(34)29-22-9-6-4-5-7-10-22/h8,11-17,22H,3-7,9-10,18-19H2,1-2H3,(H,29,34)/t28-/m0/s1. The largest absolute Gasteiger partial charge is 0.351 e. The second-order valence-electron chi connectivity index (χ2n) is 10.0. The summed E-state index contributed by atoms with van der Waals surface area (Å²) >= 11 is 1.61. The Morgan fingerprint density at radius 2 is 1.89 bits per heavy atom. The van der Waals surface area contributed by atoms with Gasteiger partial charge in [-0.25, -0.2) is 0 Å². The van der Waals surface area contributed by atoms with Gasteiger partial charge in [-0.2, -0.15) is 5.10 Å². The highest BCUT2D eigenvalue weighted by Gasteiger charge is 2.48. The maximum Gasteiger partial charge on any atom is 0.273 e. The number of carbonyl (C=O) groups is 2. The maximum absolute atomic E-state index is 13.8. The van der Waals surface area contributed by atoms with Gasteiger partial charge in [0.2, 0.25) is 5.91 Å². The van der Waals surface area contributed by atoms with Crippen molar-refractivity contribution >= 4 is 23.2 Å². The van der Waals surface area contributed by atoms with Crippen molar-refractivity contribution < 1.29 is 9.59 Å². The molecule has 1 aromatic carbocycles. The Balaban J connectivity index is 1.47. The number of amides is 2. The van der Waals surface area contributed by atoms with E-state index in [1.54, 1.807) is 20.9 Å². The number of aromatic nitrogens is 2. The van der Waals surface area contributed by atoms with Gasteiger partial charge in [0, 0.05) is 16.5 Å². The molecule has 2 amide bonds. The van der Waals surface area contributed by atoms with Crippen LogP contribution in [0.4, 0.5) is 0 Å². The molecule has 0 radical (unpaired) electrons. The highest BCUT2D eigenvalue weighted by Crippen LogP contribution is 2.32. The number of thiophene rings is 1. The third-order valence-corrected chi connectivity index (χ3v) is 8.39. The number of nitrogens with one attached hydrogen (secondary N) is 1. The second-order valence-corrected chi connectivity index (χ2v) is 11.1. The van der Waals surface area contributed by atoms with Crippen molar-refractivity contribution in [2.75, 3.05) is 0 Å². The zero-order valence-electron chi connectivity index (χ0n) is 20.6. The van der Waals surface area contributed by atoms with Crippen LogP contribution < -0.4 is 5.32 Å². The molecule has 1 aliphatic carbocycles. The number of rotatable bonds is 6. The van der Waals surface area contributed by atoms with Gasteiger partial charge in [-0.3, -0.25) is 14.3 Å².